The number of nitrogens with one attached hydrogen (secondary N) is 2. The number of benzene rings is 2. The van der Waals surface area contributed by atoms with Crippen molar-refractivity contribution in [2.24, 2.45) is 11.8 Å². The highest BCUT2D eigenvalue weighted by atomic mass is 19.4. The Labute approximate surface area is 288 Å². The number of carbonyl (C=O) groups excluding carboxylic acids is 2. The van der Waals surface area contributed by atoms with Crippen LogP contribution in [0.25, 0.3) is 0 Å². The lowest BCUT2D eigenvalue weighted by Gasteiger charge is -2.36. The number of urea groups is 1. The van der Waals surface area contributed by atoms with E-state index in [1.165, 1.54) is 50.3 Å². The Balaban J connectivity index is 1.55. The molecule has 1 saturated carbocycles. The molecule has 12 heteroatoms. The van der Waals surface area contributed by atoms with E-state index in [0.29, 0.717) is 30.5 Å². The van der Waals surface area contributed by atoms with Crippen molar-refractivity contribution < 1.29 is 37.3 Å². The molecule has 272 valence electrons. The minimum absolute atomic E-state index is 0.0474. The van der Waals surface area contributed by atoms with Crippen LogP contribution in [-0.2, 0) is 10.9 Å². The largest absolute Gasteiger partial charge is 0.490 e. The van der Waals surface area contributed by atoms with Gasteiger partial charge in [0.05, 0.1) is 36.0 Å². The van der Waals surface area contributed by atoms with Crippen molar-refractivity contribution >= 4 is 23.3 Å². The summed E-state index contributed by atoms with van der Waals surface area (Å²) in [6.45, 7) is 8.29. The summed E-state index contributed by atoms with van der Waals surface area (Å²) in [7, 11) is 2.15. The van der Waals surface area contributed by atoms with Gasteiger partial charge >= 0.3 is 12.2 Å². The van der Waals surface area contributed by atoms with Crippen LogP contribution < -0.4 is 15.4 Å². The molecule has 1 aliphatic carbocycles. The molecular weight excluding hydrogens is 637 g/mol. The van der Waals surface area contributed by atoms with Gasteiger partial charge in [0.15, 0.2) is 0 Å². The van der Waals surface area contributed by atoms with E-state index in [9.17, 15) is 27.9 Å². The van der Waals surface area contributed by atoms with Gasteiger partial charge in [-0.3, -0.25) is 4.79 Å². The third-order valence-electron chi connectivity index (χ3n) is 9.57. The number of anilines is 2. The lowest BCUT2D eigenvalue weighted by atomic mass is 9.89. The van der Waals surface area contributed by atoms with Crippen LogP contribution in [0.3, 0.4) is 0 Å². The monoisotopic (exact) mass is 690 g/mol. The average molecular weight is 691 g/mol. The first-order valence-corrected chi connectivity index (χ1v) is 17.6. The molecule has 3 N–H and O–H groups in total. The number of carbonyl (C=O) groups is 2. The predicted molar refractivity (Wildman–Crippen MR) is 185 cm³/mol. The van der Waals surface area contributed by atoms with E-state index in [1.54, 1.807) is 24.0 Å². The van der Waals surface area contributed by atoms with Gasteiger partial charge in [-0.2, -0.15) is 13.2 Å². The van der Waals surface area contributed by atoms with Gasteiger partial charge in [-0.25, -0.2) is 4.79 Å². The minimum Gasteiger partial charge on any atom is -0.490 e. The molecule has 3 amide bonds. The fourth-order valence-electron chi connectivity index (χ4n) is 6.69. The third-order valence-corrected chi connectivity index (χ3v) is 9.57. The molecule has 1 heterocycles. The Kier molecular flexibility index (Phi) is 14.2. The second kappa shape index (κ2) is 18.1. The van der Waals surface area contributed by atoms with Crippen molar-refractivity contribution in [2.45, 2.75) is 96.6 Å². The Morgan fingerprint density at radius 1 is 0.980 bits per heavy atom. The zero-order valence-corrected chi connectivity index (χ0v) is 29.2. The Morgan fingerprint density at radius 2 is 1.63 bits per heavy atom. The smallest absolute Gasteiger partial charge is 0.416 e. The maximum Gasteiger partial charge on any atom is 0.416 e. The lowest BCUT2D eigenvalue weighted by Crippen LogP contribution is -2.47. The summed E-state index contributed by atoms with van der Waals surface area (Å²) in [5, 5.41) is 15.4. The molecular formula is C37H53F3N4O5. The molecule has 2 aliphatic rings. The first-order valence-electron chi connectivity index (χ1n) is 17.6. The molecule has 0 radical (unpaired) electrons. The van der Waals surface area contributed by atoms with Crippen LogP contribution in [0.2, 0.25) is 0 Å². The van der Waals surface area contributed by atoms with Gasteiger partial charge < -0.3 is 35.0 Å². The number of nitrogens with zero attached hydrogens (tertiary/aromatic N) is 2. The highest BCUT2D eigenvalue weighted by Crippen LogP contribution is 2.31. The summed E-state index contributed by atoms with van der Waals surface area (Å²) in [6, 6.07) is 7.72. The van der Waals surface area contributed by atoms with E-state index in [1.807, 2.05) is 6.92 Å². The molecule has 0 saturated heterocycles. The van der Waals surface area contributed by atoms with Gasteiger partial charge in [-0.15, -0.1) is 0 Å². The van der Waals surface area contributed by atoms with Crippen LogP contribution >= 0.6 is 0 Å². The second-order valence-electron chi connectivity index (χ2n) is 13.9. The average Bonchev–Trinajstić information content (AvgIpc) is 3.06. The van der Waals surface area contributed by atoms with E-state index in [0.717, 1.165) is 44.5 Å². The molecule has 0 bridgehead atoms. The highest BCUT2D eigenvalue weighted by molar-refractivity contribution is 6.02. The van der Waals surface area contributed by atoms with Gasteiger partial charge in [0.2, 0.25) is 0 Å². The number of halogens is 3. The van der Waals surface area contributed by atoms with E-state index < -0.39 is 23.8 Å². The molecule has 4 atom stereocenters. The van der Waals surface area contributed by atoms with Crippen molar-refractivity contribution in [2.75, 3.05) is 50.5 Å². The van der Waals surface area contributed by atoms with Gasteiger partial charge in [0.25, 0.3) is 5.91 Å². The molecule has 0 aromatic heterocycles. The van der Waals surface area contributed by atoms with Gasteiger partial charge in [-0.1, -0.05) is 26.2 Å². The van der Waals surface area contributed by atoms with Crippen LogP contribution in [0.15, 0.2) is 42.5 Å². The van der Waals surface area contributed by atoms with Crippen molar-refractivity contribution in [3.8, 4) is 5.75 Å². The molecule has 2 aromatic carbocycles. The van der Waals surface area contributed by atoms with Crippen LogP contribution in [0.4, 0.5) is 29.3 Å². The number of alkyl halides is 3. The summed E-state index contributed by atoms with van der Waals surface area (Å²) >= 11 is 0. The van der Waals surface area contributed by atoms with Crippen LogP contribution in [0.5, 0.6) is 5.75 Å². The number of fused-ring (bicyclic) bond motifs is 1. The molecule has 0 spiro atoms. The first kappa shape index (κ1) is 38.5. The van der Waals surface area contributed by atoms with E-state index in [-0.39, 0.29) is 41.9 Å². The molecule has 9 nitrogen and oxygen atoms in total. The number of rotatable bonds is 8. The molecule has 2 aromatic rings. The number of aliphatic hydroxyl groups excluding tert-OH is 1. The minimum atomic E-state index is -4.49. The van der Waals surface area contributed by atoms with E-state index in [2.05, 4.69) is 29.5 Å². The van der Waals surface area contributed by atoms with Gasteiger partial charge in [-0.05, 0) is 101 Å². The SMILES string of the molecule is C[C@H](CO)N1C[C@H](C)[C@@H](CN(C)CC2CCCCC2)OCCCC[C@H](C)Oc2ccc(NC(=O)Nc3ccc(C(F)(F)F)cc3)cc2C1=O. The fourth-order valence-corrected chi connectivity index (χ4v) is 6.69. The van der Waals surface area contributed by atoms with Crippen LogP contribution in [0.1, 0.15) is 88.1 Å². The lowest BCUT2D eigenvalue weighted by molar-refractivity contribution is -0.137. The summed E-state index contributed by atoms with van der Waals surface area (Å²) in [6.07, 6.45) is 4.13. The van der Waals surface area contributed by atoms with Crippen molar-refractivity contribution in [1.29, 1.82) is 0 Å². The standard InChI is InChI=1S/C37H53F3N4O5/c1-25-21-44(26(2)24-45)35(46)32-20-31(42-36(47)41-30-15-13-29(14-16-30)37(38,39)40)17-18-33(32)49-27(3)10-8-9-19-48-34(25)23-43(4)22-28-11-6-5-7-12-28/h13-18,20,25-28,34,45H,5-12,19,21-24H2,1-4H3,(H2,41,42,47)/t25-,26+,27-,34+/m0/s1. The maximum absolute atomic E-state index is 14.4. The fraction of sp³-hybridized carbons (Fsp3) is 0.622. The van der Waals surface area contributed by atoms with Crippen LogP contribution in [0, 0.1) is 11.8 Å². The van der Waals surface area contributed by atoms with Crippen molar-refractivity contribution in [1.82, 2.24) is 9.80 Å². The molecule has 1 fully saturated rings. The quantitative estimate of drug-likeness (QED) is 0.263. The zero-order chi connectivity index (χ0) is 35.6. The number of hydrogen-bond acceptors (Lipinski definition) is 6. The summed E-state index contributed by atoms with van der Waals surface area (Å²) in [5.41, 5.74) is -0.118. The molecule has 0 unspecified atom stereocenters. The maximum atomic E-state index is 14.4. The third kappa shape index (κ3) is 11.6. The molecule has 4 rings (SSSR count). The highest BCUT2D eigenvalue weighted by Gasteiger charge is 2.32. The van der Waals surface area contributed by atoms with Crippen molar-refractivity contribution in [3.05, 3.63) is 53.6 Å². The summed E-state index contributed by atoms with van der Waals surface area (Å²) in [5.74, 6) is 0.659. The van der Waals surface area contributed by atoms with Gasteiger partial charge in [0, 0.05) is 43.5 Å². The Hall–Kier alpha value is -3.35. The van der Waals surface area contributed by atoms with Gasteiger partial charge in [0.1, 0.15) is 5.75 Å². The summed E-state index contributed by atoms with van der Waals surface area (Å²) in [4.78, 5) is 31.2. The number of amides is 3. The van der Waals surface area contributed by atoms with Crippen LogP contribution in [-0.4, -0.2) is 85.0 Å². The van der Waals surface area contributed by atoms with Crippen molar-refractivity contribution in [3.63, 3.8) is 0 Å². The second-order valence-corrected chi connectivity index (χ2v) is 13.9. The molecule has 1 aliphatic heterocycles. The topological polar surface area (TPSA) is 103 Å². The molecule has 49 heavy (non-hydrogen) atoms. The Bertz CT molecular complexity index is 1350. The van der Waals surface area contributed by atoms with E-state index in [4.69, 9.17) is 9.47 Å². The number of aliphatic hydroxyl groups is 1. The number of ether oxygens (including phenoxy) is 2. The number of hydrogen-bond donors (Lipinski definition) is 3. The normalized spacial score (nSPS) is 22.5. The summed E-state index contributed by atoms with van der Waals surface area (Å²) < 4.78 is 51.6. The predicted octanol–water partition coefficient (Wildman–Crippen LogP) is 7.66. The first-order chi connectivity index (χ1) is 23.3. The number of likely N-dealkylation sites (N-methyl/N-ethyl adjacent to an activating group) is 1. The Morgan fingerprint density at radius 3 is 2.31 bits per heavy atom. The van der Waals surface area contributed by atoms with E-state index >= 15 is 0 Å². The zero-order valence-electron chi connectivity index (χ0n) is 29.2.